The van der Waals surface area contributed by atoms with Crippen molar-refractivity contribution in [1.29, 1.82) is 0 Å². The van der Waals surface area contributed by atoms with E-state index in [4.69, 9.17) is 5.11 Å². The van der Waals surface area contributed by atoms with Gasteiger partial charge in [0.25, 0.3) is 0 Å². The van der Waals surface area contributed by atoms with Gasteiger partial charge in [-0.05, 0) is 36.9 Å². The number of hydrogen-bond donors (Lipinski definition) is 1. The lowest BCUT2D eigenvalue weighted by atomic mass is 9.80. The number of aliphatic carboxylic acids is 1. The molecule has 1 aliphatic rings. The van der Waals surface area contributed by atoms with Crippen LogP contribution in [0, 0.1) is 0 Å². The highest BCUT2D eigenvalue weighted by molar-refractivity contribution is 5.66. The van der Waals surface area contributed by atoms with Gasteiger partial charge in [0.1, 0.15) is 0 Å². The Balaban J connectivity index is 1.83. The fourth-order valence-electron chi connectivity index (χ4n) is 2.31. The third-order valence-electron chi connectivity index (χ3n) is 3.72. The largest absolute Gasteiger partial charge is 0.481 e. The van der Waals surface area contributed by atoms with E-state index in [-0.39, 0.29) is 6.42 Å². The van der Waals surface area contributed by atoms with Crippen molar-refractivity contribution in [3.63, 3.8) is 0 Å². The summed E-state index contributed by atoms with van der Waals surface area (Å²) in [4.78, 5) is 12.5. The van der Waals surface area contributed by atoms with Crippen molar-refractivity contribution in [2.45, 2.75) is 38.1 Å². The lowest BCUT2D eigenvalue weighted by Gasteiger charge is -2.26. The molecule has 0 heterocycles. The molecule has 1 N–H and O–H groups in total. The number of hydrogen-bond acceptors (Lipinski definition) is 2. The van der Waals surface area contributed by atoms with Crippen LogP contribution in [0.3, 0.4) is 0 Å². The van der Waals surface area contributed by atoms with Gasteiger partial charge in [-0.1, -0.05) is 30.7 Å². The minimum Gasteiger partial charge on any atom is -0.481 e. The summed E-state index contributed by atoms with van der Waals surface area (Å²) in [6, 6.07) is 8.80. The Labute approximate surface area is 108 Å². The van der Waals surface area contributed by atoms with Crippen LogP contribution < -0.4 is 0 Å². The van der Waals surface area contributed by atoms with Gasteiger partial charge in [0, 0.05) is 13.1 Å². The molecular formula is C15H21NO2. The summed E-state index contributed by atoms with van der Waals surface area (Å²) < 4.78 is 0. The number of carboxylic acid groups (broad SMARTS) is 1. The molecule has 1 fully saturated rings. The van der Waals surface area contributed by atoms with E-state index in [9.17, 15) is 4.79 Å². The van der Waals surface area contributed by atoms with Crippen molar-refractivity contribution in [2.75, 3.05) is 13.6 Å². The molecule has 0 radical (unpaired) electrons. The van der Waals surface area contributed by atoms with Crippen molar-refractivity contribution in [2.24, 2.45) is 0 Å². The summed E-state index contributed by atoms with van der Waals surface area (Å²) in [5.41, 5.74) is 2.71. The van der Waals surface area contributed by atoms with E-state index >= 15 is 0 Å². The normalized spacial score (nSPS) is 15.7. The molecule has 2 rings (SSSR count). The first kappa shape index (κ1) is 13.1. The predicted octanol–water partition coefficient (Wildman–Crippen LogP) is 2.86. The fourth-order valence-corrected chi connectivity index (χ4v) is 2.31. The van der Waals surface area contributed by atoms with Crippen LogP contribution in [0.4, 0.5) is 0 Å². The highest BCUT2D eigenvalue weighted by atomic mass is 16.4. The standard InChI is InChI=1S/C15H21NO2/c1-16(10-9-15(17)18)11-12-5-7-14(8-6-12)13-3-2-4-13/h5-8,13H,2-4,9-11H2,1H3,(H,17,18). The molecule has 0 saturated heterocycles. The fraction of sp³-hybridized carbons (Fsp3) is 0.533. The zero-order chi connectivity index (χ0) is 13.0. The van der Waals surface area contributed by atoms with E-state index in [1.165, 1.54) is 30.4 Å². The lowest BCUT2D eigenvalue weighted by Crippen LogP contribution is -2.21. The van der Waals surface area contributed by atoms with E-state index in [0.717, 1.165) is 12.5 Å². The Hall–Kier alpha value is -1.35. The number of nitrogens with zero attached hydrogens (tertiary/aromatic N) is 1. The maximum Gasteiger partial charge on any atom is 0.304 e. The minimum atomic E-state index is -0.734. The van der Waals surface area contributed by atoms with Gasteiger partial charge in [0.15, 0.2) is 0 Å². The van der Waals surface area contributed by atoms with E-state index < -0.39 is 5.97 Å². The quantitative estimate of drug-likeness (QED) is 0.840. The predicted molar refractivity (Wildman–Crippen MR) is 71.6 cm³/mol. The number of carbonyl (C=O) groups is 1. The monoisotopic (exact) mass is 247 g/mol. The third-order valence-corrected chi connectivity index (χ3v) is 3.72. The van der Waals surface area contributed by atoms with E-state index in [2.05, 4.69) is 24.3 Å². The minimum absolute atomic E-state index is 0.205. The van der Waals surface area contributed by atoms with Crippen molar-refractivity contribution >= 4 is 5.97 Å². The van der Waals surface area contributed by atoms with Gasteiger partial charge in [-0.2, -0.15) is 0 Å². The van der Waals surface area contributed by atoms with Crippen LogP contribution >= 0.6 is 0 Å². The van der Waals surface area contributed by atoms with Gasteiger partial charge in [0.2, 0.25) is 0 Å². The summed E-state index contributed by atoms with van der Waals surface area (Å²) in [6.45, 7) is 1.41. The molecule has 1 aromatic rings. The van der Waals surface area contributed by atoms with E-state index in [0.29, 0.717) is 6.54 Å². The van der Waals surface area contributed by atoms with Gasteiger partial charge in [-0.25, -0.2) is 0 Å². The Kier molecular flexibility index (Phi) is 4.37. The van der Waals surface area contributed by atoms with Crippen LogP contribution in [0.15, 0.2) is 24.3 Å². The molecule has 1 aromatic carbocycles. The van der Waals surface area contributed by atoms with Crippen molar-refractivity contribution in [1.82, 2.24) is 4.90 Å². The molecule has 18 heavy (non-hydrogen) atoms. The molecule has 98 valence electrons. The molecule has 0 aromatic heterocycles. The summed E-state index contributed by atoms with van der Waals surface area (Å²) in [5, 5.41) is 8.63. The molecule has 0 amide bonds. The van der Waals surface area contributed by atoms with Gasteiger partial charge >= 0.3 is 5.97 Å². The van der Waals surface area contributed by atoms with Crippen molar-refractivity contribution in [3.05, 3.63) is 35.4 Å². The van der Waals surface area contributed by atoms with Gasteiger partial charge in [-0.15, -0.1) is 0 Å². The average molecular weight is 247 g/mol. The zero-order valence-corrected chi connectivity index (χ0v) is 10.9. The Bertz CT molecular complexity index is 395. The van der Waals surface area contributed by atoms with Gasteiger partial charge in [0.05, 0.1) is 6.42 Å². The first-order chi connectivity index (χ1) is 8.65. The summed E-state index contributed by atoms with van der Waals surface area (Å²) in [5.74, 6) is 0.0472. The van der Waals surface area contributed by atoms with Gasteiger partial charge in [-0.3, -0.25) is 4.79 Å². The number of rotatable bonds is 6. The maximum atomic E-state index is 10.5. The lowest BCUT2D eigenvalue weighted by molar-refractivity contribution is -0.137. The second-order valence-electron chi connectivity index (χ2n) is 5.25. The molecule has 1 aliphatic carbocycles. The molecular weight excluding hydrogens is 226 g/mol. The number of benzene rings is 1. The first-order valence-electron chi connectivity index (χ1n) is 6.64. The number of carboxylic acids is 1. The van der Waals surface area contributed by atoms with Crippen molar-refractivity contribution < 1.29 is 9.90 Å². The Morgan fingerprint density at radius 1 is 1.33 bits per heavy atom. The second kappa shape index (κ2) is 6.01. The van der Waals surface area contributed by atoms with Crippen LogP contribution in [0.5, 0.6) is 0 Å². The summed E-state index contributed by atoms with van der Waals surface area (Å²) >= 11 is 0. The van der Waals surface area contributed by atoms with Crippen LogP contribution in [0.2, 0.25) is 0 Å². The third kappa shape index (κ3) is 3.57. The second-order valence-corrected chi connectivity index (χ2v) is 5.25. The smallest absolute Gasteiger partial charge is 0.304 e. The zero-order valence-electron chi connectivity index (χ0n) is 10.9. The molecule has 3 heteroatoms. The van der Waals surface area contributed by atoms with Crippen LogP contribution in [0.1, 0.15) is 42.7 Å². The molecule has 3 nitrogen and oxygen atoms in total. The average Bonchev–Trinajstić information content (AvgIpc) is 2.27. The molecule has 1 saturated carbocycles. The van der Waals surface area contributed by atoms with Gasteiger partial charge < -0.3 is 10.0 Å². The molecule has 0 bridgehead atoms. The van der Waals surface area contributed by atoms with E-state index in [1.807, 2.05) is 11.9 Å². The highest BCUT2D eigenvalue weighted by Crippen LogP contribution is 2.36. The SMILES string of the molecule is CN(CCC(=O)O)Cc1ccc(C2CCC2)cc1. The first-order valence-corrected chi connectivity index (χ1v) is 6.64. The summed E-state index contributed by atoms with van der Waals surface area (Å²) in [7, 11) is 1.96. The van der Waals surface area contributed by atoms with Crippen LogP contribution in [-0.2, 0) is 11.3 Å². The van der Waals surface area contributed by atoms with E-state index in [1.54, 1.807) is 0 Å². The van der Waals surface area contributed by atoms with Crippen LogP contribution in [0.25, 0.3) is 0 Å². The van der Waals surface area contributed by atoms with Crippen LogP contribution in [-0.4, -0.2) is 29.6 Å². The Morgan fingerprint density at radius 2 is 2.00 bits per heavy atom. The summed E-state index contributed by atoms with van der Waals surface area (Å²) in [6.07, 6.45) is 4.23. The Morgan fingerprint density at radius 3 is 2.50 bits per heavy atom. The molecule has 0 spiro atoms. The molecule has 0 unspecified atom stereocenters. The highest BCUT2D eigenvalue weighted by Gasteiger charge is 2.18. The molecule has 0 atom stereocenters. The topological polar surface area (TPSA) is 40.5 Å². The maximum absolute atomic E-state index is 10.5. The molecule has 0 aliphatic heterocycles. The van der Waals surface area contributed by atoms with Crippen molar-refractivity contribution in [3.8, 4) is 0 Å².